The molecule has 2 nitrogen and oxygen atoms in total. The van der Waals surface area contributed by atoms with Crippen molar-refractivity contribution in [1.82, 2.24) is 5.32 Å². The normalized spacial score (nSPS) is 11.9. The Morgan fingerprint density at radius 1 is 0.808 bits per heavy atom. The Balaban J connectivity index is 1.69. The molecule has 0 spiro atoms. The van der Waals surface area contributed by atoms with E-state index in [4.69, 9.17) is 0 Å². The molecule has 0 fully saturated rings. The summed E-state index contributed by atoms with van der Waals surface area (Å²) in [7, 11) is 0. The van der Waals surface area contributed by atoms with Gasteiger partial charge < -0.3 is 5.32 Å². The maximum absolute atomic E-state index is 12.8. The SMILES string of the molecule is C[C@H](SCc1ccccc1)C(=O)NC(c1ccccc1)c1ccccc1. The molecular weight excluding hydrogens is 338 g/mol. The Morgan fingerprint density at radius 3 is 1.77 bits per heavy atom. The van der Waals surface area contributed by atoms with Crippen molar-refractivity contribution in [3.63, 3.8) is 0 Å². The molecule has 132 valence electrons. The second-order valence-corrected chi connectivity index (χ2v) is 7.53. The van der Waals surface area contributed by atoms with E-state index in [-0.39, 0.29) is 17.2 Å². The third kappa shape index (κ3) is 4.99. The van der Waals surface area contributed by atoms with E-state index >= 15 is 0 Å². The molecule has 3 heteroatoms. The van der Waals surface area contributed by atoms with Crippen LogP contribution in [0.15, 0.2) is 91.0 Å². The van der Waals surface area contributed by atoms with E-state index in [2.05, 4.69) is 41.7 Å². The minimum absolute atomic E-state index is 0.0589. The van der Waals surface area contributed by atoms with Crippen molar-refractivity contribution in [2.24, 2.45) is 0 Å². The molecule has 0 heterocycles. The zero-order valence-corrected chi connectivity index (χ0v) is 15.7. The van der Waals surface area contributed by atoms with Crippen molar-refractivity contribution in [1.29, 1.82) is 0 Å². The molecule has 1 N–H and O–H groups in total. The lowest BCUT2D eigenvalue weighted by Crippen LogP contribution is -2.35. The summed E-state index contributed by atoms with van der Waals surface area (Å²) < 4.78 is 0. The largest absolute Gasteiger partial charge is 0.344 e. The van der Waals surface area contributed by atoms with Gasteiger partial charge in [0, 0.05) is 5.75 Å². The van der Waals surface area contributed by atoms with Crippen LogP contribution in [-0.2, 0) is 10.5 Å². The average molecular weight is 362 g/mol. The Hall–Kier alpha value is -2.52. The highest BCUT2D eigenvalue weighted by atomic mass is 32.2. The fraction of sp³-hybridized carbons (Fsp3) is 0.174. The molecule has 3 rings (SSSR count). The van der Waals surface area contributed by atoms with Crippen molar-refractivity contribution in [2.75, 3.05) is 0 Å². The van der Waals surface area contributed by atoms with E-state index in [9.17, 15) is 4.79 Å². The van der Waals surface area contributed by atoms with Crippen molar-refractivity contribution < 1.29 is 4.79 Å². The molecule has 0 aromatic heterocycles. The first kappa shape index (κ1) is 18.3. The first-order valence-electron chi connectivity index (χ1n) is 8.80. The number of thioether (sulfide) groups is 1. The number of benzene rings is 3. The van der Waals surface area contributed by atoms with Crippen LogP contribution in [0.25, 0.3) is 0 Å². The molecule has 0 unspecified atom stereocenters. The van der Waals surface area contributed by atoms with Crippen LogP contribution in [0.4, 0.5) is 0 Å². The minimum Gasteiger partial charge on any atom is -0.344 e. The molecule has 0 saturated heterocycles. The quantitative estimate of drug-likeness (QED) is 0.625. The van der Waals surface area contributed by atoms with Gasteiger partial charge in [-0.1, -0.05) is 91.0 Å². The van der Waals surface area contributed by atoms with Gasteiger partial charge in [-0.3, -0.25) is 4.79 Å². The van der Waals surface area contributed by atoms with E-state index in [1.165, 1.54) is 5.56 Å². The molecule has 3 aromatic rings. The number of rotatable bonds is 7. The molecule has 1 amide bonds. The van der Waals surface area contributed by atoms with Crippen molar-refractivity contribution in [2.45, 2.75) is 24.0 Å². The Labute approximate surface area is 159 Å². The highest BCUT2D eigenvalue weighted by molar-refractivity contribution is 7.99. The minimum atomic E-state index is -0.135. The summed E-state index contributed by atoms with van der Waals surface area (Å²) >= 11 is 1.66. The maximum Gasteiger partial charge on any atom is 0.233 e. The predicted molar refractivity (Wildman–Crippen MR) is 110 cm³/mol. The second-order valence-electron chi connectivity index (χ2n) is 6.20. The van der Waals surface area contributed by atoms with Crippen LogP contribution in [-0.4, -0.2) is 11.2 Å². The third-order valence-corrected chi connectivity index (χ3v) is 5.48. The van der Waals surface area contributed by atoms with Gasteiger partial charge in [0.25, 0.3) is 0 Å². The number of hydrogen-bond acceptors (Lipinski definition) is 2. The molecular formula is C23H23NOS. The standard InChI is InChI=1S/C23H23NOS/c1-18(26-17-19-11-5-2-6-12-19)23(25)24-22(20-13-7-3-8-14-20)21-15-9-4-10-16-21/h2-16,18,22H,17H2,1H3,(H,24,25)/t18-/m0/s1. The molecule has 0 saturated carbocycles. The van der Waals surface area contributed by atoms with Crippen LogP contribution in [0.3, 0.4) is 0 Å². The fourth-order valence-electron chi connectivity index (χ4n) is 2.78. The van der Waals surface area contributed by atoms with Gasteiger partial charge in [0.15, 0.2) is 0 Å². The molecule has 0 aliphatic carbocycles. The summed E-state index contributed by atoms with van der Waals surface area (Å²) in [6.07, 6.45) is 0. The molecule has 3 aromatic carbocycles. The highest BCUT2D eigenvalue weighted by Gasteiger charge is 2.20. The van der Waals surface area contributed by atoms with Gasteiger partial charge in [-0.15, -0.1) is 11.8 Å². The van der Waals surface area contributed by atoms with Crippen LogP contribution >= 0.6 is 11.8 Å². The summed E-state index contributed by atoms with van der Waals surface area (Å²) in [5.74, 6) is 0.889. The van der Waals surface area contributed by atoms with Crippen LogP contribution in [0.1, 0.15) is 29.7 Å². The van der Waals surface area contributed by atoms with Gasteiger partial charge in [0.05, 0.1) is 11.3 Å². The molecule has 1 atom stereocenters. The fourth-order valence-corrected chi connectivity index (χ4v) is 3.64. The van der Waals surface area contributed by atoms with Crippen LogP contribution in [0.2, 0.25) is 0 Å². The summed E-state index contributed by atoms with van der Waals surface area (Å²) in [6.45, 7) is 1.97. The van der Waals surface area contributed by atoms with Gasteiger partial charge >= 0.3 is 0 Å². The van der Waals surface area contributed by atoms with Crippen LogP contribution < -0.4 is 5.32 Å². The highest BCUT2D eigenvalue weighted by Crippen LogP contribution is 2.24. The van der Waals surface area contributed by atoms with Crippen molar-refractivity contribution >= 4 is 17.7 Å². The summed E-state index contributed by atoms with van der Waals surface area (Å²) in [4.78, 5) is 12.8. The van der Waals surface area contributed by atoms with Gasteiger partial charge in [-0.25, -0.2) is 0 Å². The van der Waals surface area contributed by atoms with Crippen LogP contribution in [0.5, 0.6) is 0 Å². The van der Waals surface area contributed by atoms with E-state index < -0.39 is 0 Å². The average Bonchev–Trinajstić information content (AvgIpc) is 2.72. The first-order valence-corrected chi connectivity index (χ1v) is 9.84. The van der Waals surface area contributed by atoms with Crippen LogP contribution in [0, 0.1) is 0 Å². The lowest BCUT2D eigenvalue weighted by molar-refractivity contribution is -0.120. The molecule has 26 heavy (non-hydrogen) atoms. The Kier molecular flexibility index (Phi) is 6.50. The van der Waals surface area contributed by atoms with E-state index in [1.54, 1.807) is 11.8 Å². The Morgan fingerprint density at radius 2 is 1.27 bits per heavy atom. The maximum atomic E-state index is 12.8. The second kappa shape index (κ2) is 9.25. The third-order valence-electron chi connectivity index (χ3n) is 4.26. The van der Waals surface area contributed by atoms with Gasteiger partial charge in [-0.2, -0.15) is 0 Å². The number of nitrogens with one attached hydrogen (secondary N) is 1. The van der Waals surface area contributed by atoms with Gasteiger partial charge in [-0.05, 0) is 23.6 Å². The van der Waals surface area contributed by atoms with Crippen molar-refractivity contribution in [3.8, 4) is 0 Å². The summed E-state index contributed by atoms with van der Waals surface area (Å²) in [5, 5.41) is 3.11. The lowest BCUT2D eigenvalue weighted by atomic mass is 9.98. The topological polar surface area (TPSA) is 29.1 Å². The zero-order valence-electron chi connectivity index (χ0n) is 14.8. The number of carbonyl (C=O) groups is 1. The zero-order chi connectivity index (χ0) is 18.2. The summed E-state index contributed by atoms with van der Waals surface area (Å²) in [6, 6.07) is 30.3. The van der Waals surface area contributed by atoms with E-state index in [1.807, 2.05) is 61.5 Å². The smallest absolute Gasteiger partial charge is 0.233 e. The number of amides is 1. The van der Waals surface area contributed by atoms with E-state index in [0.29, 0.717) is 0 Å². The van der Waals surface area contributed by atoms with E-state index in [0.717, 1.165) is 16.9 Å². The molecule has 0 aliphatic rings. The van der Waals surface area contributed by atoms with Gasteiger partial charge in [0.2, 0.25) is 5.91 Å². The van der Waals surface area contributed by atoms with Crippen molar-refractivity contribution in [3.05, 3.63) is 108 Å². The van der Waals surface area contributed by atoms with Gasteiger partial charge in [0.1, 0.15) is 0 Å². The summed E-state index contributed by atoms with van der Waals surface area (Å²) in [5.41, 5.74) is 3.42. The number of hydrogen-bond donors (Lipinski definition) is 1. The Bertz CT molecular complexity index is 766. The number of carbonyl (C=O) groups excluding carboxylic acids is 1. The molecule has 0 bridgehead atoms. The predicted octanol–water partition coefficient (Wildman–Crippen LogP) is 5.21. The first-order chi connectivity index (χ1) is 12.7. The lowest BCUT2D eigenvalue weighted by Gasteiger charge is -2.22. The molecule has 0 aliphatic heterocycles. The molecule has 0 radical (unpaired) electrons. The monoisotopic (exact) mass is 361 g/mol.